The van der Waals surface area contributed by atoms with E-state index in [2.05, 4.69) is 4.98 Å². The second-order valence-electron chi connectivity index (χ2n) is 4.11. The van der Waals surface area contributed by atoms with E-state index < -0.39 is 5.91 Å². The molecule has 2 aromatic heterocycles. The van der Waals surface area contributed by atoms with Gasteiger partial charge in [0.1, 0.15) is 17.3 Å². The van der Waals surface area contributed by atoms with Crippen LogP contribution in [0.15, 0.2) is 34.9 Å². The highest BCUT2D eigenvalue weighted by Crippen LogP contribution is 2.18. The third kappa shape index (κ3) is 2.51. The molecule has 5 heteroatoms. The zero-order valence-corrected chi connectivity index (χ0v) is 10.4. The Labute approximate surface area is 105 Å². The first kappa shape index (κ1) is 12.2. The molecule has 0 bridgehead atoms. The Bertz CT molecular complexity index is 563. The minimum atomic E-state index is -0.486. The van der Waals surface area contributed by atoms with Gasteiger partial charge in [0.05, 0.1) is 12.1 Å². The standard InChI is InChI=1S/C13H15N3O2/c1-9-5-6-10(18-9)8-16(2)13-11(12(14)17)4-3-7-15-13/h3-7H,8H2,1-2H3,(H2,14,17). The van der Waals surface area contributed by atoms with Crippen LogP contribution in [-0.2, 0) is 6.54 Å². The van der Waals surface area contributed by atoms with Crippen LogP contribution in [0.2, 0.25) is 0 Å². The monoisotopic (exact) mass is 245 g/mol. The Kier molecular flexibility index (Phi) is 3.32. The van der Waals surface area contributed by atoms with E-state index in [1.165, 1.54) is 0 Å². The number of aromatic nitrogens is 1. The van der Waals surface area contributed by atoms with E-state index in [1.54, 1.807) is 18.3 Å². The summed E-state index contributed by atoms with van der Waals surface area (Å²) < 4.78 is 5.49. The SMILES string of the molecule is Cc1ccc(CN(C)c2ncccc2C(N)=O)o1. The smallest absolute Gasteiger partial charge is 0.252 e. The second kappa shape index (κ2) is 4.91. The zero-order valence-electron chi connectivity index (χ0n) is 10.4. The van der Waals surface area contributed by atoms with Gasteiger partial charge in [-0.15, -0.1) is 0 Å². The van der Waals surface area contributed by atoms with E-state index in [1.807, 2.05) is 31.0 Å². The topological polar surface area (TPSA) is 72.4 Å². The van der Waals surface area contributed by atoms with Crippen molar-refractivity contribution in [1.82, 2.24) is 4.98 Å². The van der Waals surface area contributed by atoms with Crippen LogP contribution < -0.4 is 10.6 Å². The number of carbonyl (C=O) groups is 1. The molecular formula is C13H15N3O2. The number of carbonyl (C=O) groups excluding carboxylic acids is 1. The summed E-state index contributed by atoms with van der Waals surface area (Å²) in [6.07, 6.45) is 1.63. The van der Waals surface area contributed by atoms with Crippen molar-refractivity contribution in [3.63, 3.8) is 0 Å². The molecule has 0 spiro atoms. The van der Waals surface area contributed by atoms with Crippen LogP contribution in [0.25, 0.3) is 0 Å². The van der Waals surface area contributed by atoms with E-state index in [0.29, 0.717) is 17.9 Å². The van der Waals surface area contributed by atoms with Crippen molar-refractivity contribution in [2.45, 2.75) is 13.5 Å². The van der Waals surface area contributed by atoms with Crippen molar-refractivity contribution in [3.8, 4) is 0 Å². The normalized spacial score (nSPS) is 10.3. The summed E-state index contributed by atoms with van der Waals surface area (Å²) >= 11 is 0. The van der Waals surface area contributed by atoms with Crippen molar-refractivity contribution in [3.05, 3.63) is 47.5 Å². The Balaban J connectivity index is 2.23. The summed E-state index contributed by atoms with van der Waals surface area (Å²) in [5.74, 6) is 1.74. The predicted octanol–water partition coefficient (Wildman–Crippen LogP) is 1.72. The number of amides is 1. The van der Waals surface area contributed by atoms with Crippen LogP contribution in [0.1, 0.15) is 21.9 Å². The summed E-state index contributed by atoms with van der Waals surface area (Å²) in [5.41, 5.74) is 5.73. The fourth-order valence-electron chi connectivity index (χ4n) is 1.77. The summed E-state index contributed by atoms with van der Waals surface area (Å²) in [5, 5.41) is 0. The molecule has 0 radical (unpaired) electrons. The highest BCUT2D eigenvalue weighted by Gasteiger charge is 2.14. The highest BCUT2D eigenvalue weighted by molar-refractivity contribution is 5.97. The lowest BCUT2D eigenvalue weighted by atomic mass is 10.2. The van der Waals surface area contributed by atoms with Crippen LogP contribution in [0, 0.1) is 6.92 Å². The number of rotatable bonds is 4. The lowest BCUT2D eigenvalue weighted by Crippen LogP contribution is -2.22. The molecule has 2 heterocycles. The maximum Gasteiger partial charge on any atom is 0.252 e. The van der Waals surface area contributed by atoms with Crippen molar-refractivity contribution < 1.29 is 9.21 Å². The summed E-state index contributed by atoms with van der Waals surface area (Å²) in [7, 11) is 1.84. The molecule has 0 aliphatic heterocycles. The Morgan fingerprint density at radius 1 is 1.44 bits per heavy atom. The number of anilines is 1. The summed E-state index contributed by atoms with van der Waals surface area (Å²) in [4.78, 5) is 17.3. The summed E-state index contributed by atoms with van der Waals surface area (Å²) in [6, 6.07) is 7.15. The lowest BCUT2D eigenvalue weighted by Gasteiger charge is -2.18. The van der Waals surface area contributed by atoms with Gasteiger partial charge in [-0.2, -0.15) is 0 Å². The third-order valence-electron chi connectivity index (χ3n) is 2.60. The van der Waals surface area contributed by atoms with Gasteiger partial charge in [-0.1, -0.05) is 0 Å². The minimum Gasteiger partial charge on any atom is -0.464 e. The molecule has 0 aliphatic rings. The van der Waals surface area contributed by atoms with Gasteiger partial charge in [0.15, 0.2) is 0 Å². The first-order valence-corrected chi connectivity index (χ1v) is 5.59. The van der Waals surface area contributed by atoms with Crippen molar-refractivity contribution in [1.29, 1.82) is 0 Å². The molecule has 94 valence electrons. The Morgan fingerprint density at radius 2 is 2.22 bits per heavy atom. The average Bonchev–Trinajstić information content (AvgIpc) is 2.74. The average molecular weight is 245 g/mol. The molecule has 0 aliphatic carbocycles. The van der Waals surface area contributed by atoms with E-state index in [0.717, 1.165) is 11.5 Å². The number of pyridine rings is 1. The van der Waals surface area contributed by atoms with Crippen LogP contribution in [0.4, 0.5) is 5.82 Å². The van der Waals surface area contributed by atoms with Crippen molar-refractivity contribution >= 4 is 11.7 Å². The molecule has 2 aromatic rings. The van der Waals surface area contributed by atoms with Gasteiger partial charge < -0.3 is 15.1 Å². The molecule has 1 amide bonds. The Hall–Kier alpha value is -2.30. The molecule has 0 aromatic carbocycles. The van der Waals surface area contributed by atoms with Crippen LogP contribution >= 0.6 is 0 Å². The summed E-state index contributed by atoms with van der Waals surface area (Å²) in [6.45, 7) is 2.42. The number of aryl methyl sites for hydroxylation is 1. The Morgan fingerprint density at radius 3 is 2.83 bits per heavy atom. The molecule has 0 atom stereocenters. The first-order valence-electron chi connectivity index (χ1n) is 5.59. The van der Waals surface area contributed by atoms with E-state index >= 15 is 0 Å². The number of nitrogens with two attached hydrogens (primary N) is 1. The van der Waals surface area contributed by atoms with Gasteiger partial charge >= 0.3 is 0 Å². The van der Waals surface area contributed by atoms with E-state index in [4.69, 9.17) is 10.2 Å². The fourth-order valence-corrected chi connectivity index (χ4v) is 1.77. The van der Waals surface area contributed by atoms with Crippen molar-refractivity contribution in [2.24, 2.45) is 5.73 Å². The van der Waals surface area contributed by atoms with Crippen LogP contribution in [-0.4, -0.2) is 17.9 Å². The molecule has 18 heavy (non-hydrogen) atoms. The van der Waals surface area contributed by atoms with Crippen LogP contribution in [0.5, 0.6) is 0 Å². The van der Waals surface area contributed by atoms with Gasteiger partial charge in [-0.25, -0.2) is 4.98 Å². The number of hydrogen-bond donors (Lipinski definition) is 1. The molecule has 0 fully saturated rings. The third-order valence-corrected chi connectivity index (χ3v) is 2.60. The molecule has 0 saturated carbocycles. The van der Waals surface area contributed by atoms with Crippen molar-refractivity contribution in [2.75, 3.05) is 11.9 Å². The molecule has 0 unspecified atom stereocenters. The van der Waals surface area contributed by atoms with E-state index in [9.17, 15) is 4.79 Å². The van der Waals surface area contributed by atoms with Gasteiger partial charge in [0, 0.05) is 13.2 Å². The minimum absolute atomic E-state index is 0.406. The maximum atomic E-state index is 11.3. The van der Waals surface area contributed by atoms with Crippen LogP contribution in [0.3, 0.4) is 0 Å². The molecular weight excluding hydrogens is 230 g/mol. The largest absolute Gasteiger partial charge is 0.464 e. The number of nitrogens with zero attached hydrogens (tertiary/aromatic N) is 2. The van der Waals surface area contributed by atoms with Gasteiger partial charge in [-0.3, -0.25) is 4.79 Å². The molecule has 2 rings (SSSR count). The lowest BCUT2D eigenvalue weighted by molar-refractivity contribution is 0.100. The first-order chi connectivity index (χ1) is 8.58. The molecule has 2 N–H and O–H groups in total. The number of primary amides is 1. The molecule has 0 saturated heterocycles. The maximum absolute atomic E-state index is 11.3. The van der Waals surface area contributed by atoms with Gasteiger partial charge in [0.2, 0.25) is 0 Å². The van der Waals surface area contributed by atoms with Gasteiger partial charge in [0.25, 0.3) is 5.91 Å². The number of hydrogen-bond acceptors (Lipinski definition) is 4. The fraction of sp³-hybridized carbons (Fsp3) is 0.231. The quantitative estimate of drug-likeness (QED) is 0.890. The predicted molar refractivity (Wildman–Crippen MR) is 68.3 cm³/mol. The van der Waals surface area contributed by atoms with E-state index in [-0.39, 0.29) is 0 Å². The zero-order chi connectivity index (χ0) is 13.1. The second-order valence-corrected chi connectivity index (χ2v) is 4.11. The molecule has 5 nitrogen and oxygen atoms in total. The van der Waals surface area contributed by atoms with Gasteiger partial charge in [-0.05, 0) is 31.2 Å². The number of furan rings is 1. The highest BCUT2D eigenvalue weighted by atomic mass is 16.3.